The highest BCUT2D eigenvalue weighted by atomic mass is 16.2. The average molecular weight is 185 g/mol. The van der Waals surface area contributed by atoms with Crippen molar-refractivity contribution in [1.29, 1.82) is 0 Å². The fraction of sp³-hybridized carbons (Fsp3) is 0.900. The summed E-state index contributed by atoms with van der Waals surface area (Å²) in [5.41, 5.74) is 0. The van der Waals surface area contributed by atoms with Crippen molar-refractivity contribution >= 4 is 0 Å². The molecular formula is C10H21N2O. The largest absolute Gasteiger partial charge is 0.396 e. The Morgan fingerprint density at radius 3 is 2.15 bits per heavy atom. The van der Waals surface area contributed by atoms with E-state index in [-0.39, 0.29) is 0 Å². The van der Waals surface area contributed by atoms with E-state index in [1.807, 2.05) is 0 Å². The molecule has 3 nitrogen and oxygen atoms in total. The maximum atomic E-state index is 8.64. The van der Waals surface area contributed by atoms with Gasteiger partial charge in [-0.15, -0.1) is 0 Å². The number of rotatable bonds is 5. The van der Waals surface area contributed by atoms with Gasteiger partial charge in [0, 0.05) is 32.8 Å². The summed E-state index contributed by atoms with van der Waals surface area (Å²) in [6.45, 7) is 10.9. The van der Waals surface area contributed by atoms with Crippen LogP contribution in [-0.4, -0.2) is 60.8 Å². The highest BCUT2D eigenvalue weighted by molar-refractivity contribution is 4.71. The second-order valence-corrected chi connectivity index (χ2v) is 3.61. The standard InChI is InChI=1S/C10H21N2O/c1-2-11-6-8-12(9-7-11)5-3-4-10-13/h13H,1-10H2. The molecule has 0 amide bonds. The lowest BCUT2D eigenvalue weighted by Crippen LogP contribution is -2.46. The minimum absolute atomic E-state index is 0.332. The normalized spacial score (nSPS) is 20.8. The predicted molar refractivity (Wildman–Crippen MR) is 54.6 cm³/mol. The van der Waals surface area contributed by atoms with Gasteiger partial charge in [-0.3, -0.25) is 0 Å². The van der Waals surface area contributed by atoms with Crippen molar-refractivity contribution in [2.75, 3.05) is 45.9 Å². The van der Waals surface area contributed by atoms with Crippen molar-refractivity contribution in [3.8, 4) is 0 Å². The molecule has 1 heterocycles. The number of hydrogen-bond donors (Lipinski definition) is 1. The van der Waals surface area contributed by atoms with Gasteiger partial charge in [-0.2, -0.15) is 0 Å². The minimum Gasteiger partial charge on any atom is -0.396 e. The van der Waals surface area contributed by atoms with Crippen LogP contribution in [0.2, 0.25) is 0 Å². The van der Waals surface area contributed by atoms with Gasteiger partial charge >= 0.3 is 0 Å². The van der Waals surface area contributed by atoms with E-state index in [1.165, 1.54) is 13.1 Å². The maximum Gasteiger partial charge on any atom is 0.0431 e. The molecule has 0 aliphatic carbocycles. The molecule has 0 aromatic heterocycles. The van der Waals surface area contributed by atoms with Crippen molar-refractivity contribution in [2.24, 2.45) is 0 Å². The Morgan fingerprint density at radius 1 is 1.00 bits per heavy atom. The van der Waals surface area contributed by atoms with Crippen molar-refractivity contribution in [2.45, 2.75) is 12.8 Å². The Bertz CT molecular complexity index is 119. The average Bonchev–Trinajstić information content (AvgIpc) is 2.19. The lowest BCUT2D eigenvalue weighted by atomic mass is 10.2. The number of piperazine rings is 1. The molecule has 0 bridgehead atoms. The third-order valence-electron chi connectivity index (χ3n) is 2.66. The molecular weight excluding hydrogens is 164 g/mol. The molecule has 3 heteroatoms. The lowest BCUT2D eigenvalue weighted by molar-refractivity contribution is 0.138. The first kappa shape index (κ1) is 11.0. The summed E-state index contributed by atoms with van der Waals surface area (Å²) in [4.78, 5) is 4.85. The molecule has 77 valence electrons. The highest BCUT2D eigenvalue weighted by Gasteiger charge is 2.14. The third kappa shape index (κ3) is 4.07. The maximum absolute atomic E-state index is 8.64. The smallest absolute Gasteiger partial charge is 0.0431 e. The lowest BCUT2D eigenvalue weighted by Gasteiger charge is -2.33. The number of aliphatic hydroxyl groups is 1. The molecule has 1 aliphatic rings. The van der Waals surface area contributed by atoms with E-state index in [4.69, 9.17) is 5.11 Å². The fourth-order valence-corrected chi connectivity index (χ4v) is 1.68. The first-order valence-corrected chi connectivity index (χ1v) is 5.21. The summed E-state index contributed by atoms with van der Waals surface area (Å²) in [7, 11) is 0. The molecule has 0 saturated carbocycles. The molecule has 0 spiro atoms. The molecule has 0 atom stereocenters. The van der Waals surface area contributed by atoms with Crippen molar-refractivity contribution in [3.05, 3.63) is 6.92 Å². The summed E-state index contributed by atoms with van der Waals surface area (Å²) in [5.74, 6) is 0. The van der Waals surface area contributed by atoms with Gasteiger partial charge in [0.15, 0.2) is 0 Å². The summed E-state index contributed by atoms with van der Waals surface area (Å²) in [6, 6.07) is 0. The molecule has 0 unspecified atom stereocenters. The monoisotopic (exact) mass is 185 g/mol. The van der Waals surface area contributed by atoms with Gasteiger partial charge in [0.05, 0.1) is 0 Å². The van der Waals surface area contributed by atoms with Crippen LogP contribution in [0.4, 0.5) is 0 Å². The first-order valence-electron chi connectivity index (χ1n) is 5.21. The van der Waals surface area contributed by atoms with Gasteiger partial charge in [0.2, 0.25) is 0 Å². The van der Waals surface area contributed by atoms with Crippen molar-refractivity contribution in [3.63, 3.8) is 0 Å². The quantitative estimate of drug-likeness (QED) is 0.620. The second-order valence-electron chi connectivity index (χ2n) is 3.61. The number of nitrogens with zero attached hydrogens (tertiary/aromatic N) is 2. The summed E-state index contributed by atoms with van der Waals surface area (Å²) in [5, 5.41) is 8.64. The van der Waals surface area contributed by atoms with Crippen LogP contribution >= 0.6 is 0 Å². The van der Waals surface area contributed by atoms with E-state index in [1.54, 1.807) is 0 Å². The van der Waals surface area contributed by atoms with Crippen LogP contribution in [0.5, 0.6) is 0 Å². The van der Waals surface area contributed by atoms with Crippen molar-refractivity contribution < 1.29 is 5.11 Å². The molecule has 1 saturated heterocycles. The fourth-order valence-electron chi connectivity index (χ4n) is 1.68. The summed E-state index contributed by atoms with van der Waals surface area (Å²) >= 11 is 0. The third-order valence-corrected chi connectivity index (χ3v) is 2.66. The van der Waals surface area contributed by atoms with E-state index in [0.29, 0.717) is 6.61 Å². The zero-order valence-electron chi connectivity index (χ0n) is 8.41. The molecule has 0 aromatic rings. The molecule has 1 N–H and O–H groups in total. The zero-order valence-corrected chi connectivity index (χ0v) is 8.41. The van der Waals surface area contributed by atoms with Crippen LogP contribution in [0.25, 0.3) is 0 Å². The number of unbranched alkanes of at least 4 members (excludes halogenated alkanes) is 1. The Balaban J connectivity index is 2.03. The molecule has 1 aliphatic heterocycles. The van der Waals surface area contributed by atoms with E-state index in [9.17, 15) is 0 Å². The molecule has 0 aromatic carbocycles. The van der Waals surface area contributed by atoms with Gasteiger partial charge in [0.25, 0.3) is 0 Å². The summed E-state index contributed by atoms with van der Waals surface area (Å²) in [6.07, 6.45) is 2.07. The molecule has 13 heavy (non-hydrogen) atoms. The predicted octanol–water partition coefficient (Wildman–Crippen LogP) is 0.211. The highest BCUT2D eigenvalue weighted by Crippen LogP contribution is 2.02. The SMILES string of the molecule is [CH2]CN1CCN(CCCCO)CC1. The van der Waals surface area contributed by atoms with E-state index < -0.39 is 0 Å². The Hall–Kier alpha value is -0.120. The van der Waals surface area contributed by atoms with E-state index in [2.05, 4.69) is 16.7 Å². The Labute approximate surface area is 81.3 Å². The van der Waals surface area contributed by atoms with Gasteiger partial charge in [-0.25, -0.2) is 0 Å². The van der Waals surface area contributed by atoms with Crippen LogP contribution in [-0.2, 0) is 0 Å². The van der Waals surface area contributed by atoms with Crippen molar-refractivity contribution in [1.82, 2.24) is 9.80 Å². The first-order chi connectivity index (χ1) is 6.36. The van der Waals surface area contributed by atoms with Gasteiger partial charge in [0.1, 0.15) is 0 Å². The zero-order chi connectivity index (χ0) is 9.52. The summed E-state index contributed by atoms with van der Waals surface area (Å²) < 4.78 is 0. The number of hydrogen-bond acceptors (Lipinski definition) is 3. The van der Waals surface area contributed by atoms with E-state index in [0.717, 1.165) is 39.0 Å². The van der Waals surface area contributed by atoms with Gasteiger partial charge < -0.3 is 14.9 Å². The minimum atomic E-state index is 0.332. The Kier molecular flexibility index (Phi) is 5.35. The van der Waals surface area contributed by atoms with Crippen LogP contribution in [0, 0.1) is 6.92 Å². The van der Waals surface area contributed by atoms with Gasteiger partial charge in [-0.1, -0.05) is 0 Å². The van der Waals surface area contributed by atoms with Crippen LogP contribution in [0.1, 0.15) is 12.8 Å². The molecule has 1 fully saturated rings. The van der Waals surface area contributed by atoms with Crippen LogP contribution in [0.3, 0.4) is 0 Å². The number of aliphatic hydroxyl groups excluding tert-OH is 1. The Morgan fingerprint density at radius 2 is 1.62 bits per heavy atom. The van der Waals surface area contributed by atoms with Crippen LogP contribution in [0.15, 0.2) is 0 Å². The second kappa shape index (κ2) is 6.35. The van der Waals surface area contributed by atoms with Crippen LogP contribution < -0.4 is 0 Å². The van der Waals surface area contributed by atoms with E-state index >= 15 is 0 Å². The van der Waals surface area contributed by atoms with Gasteiger partial charge in [-0.05, 0) is 32.9 Å². The molecule has 1 radical (unpaired) electrons. The molecule has 1 rings (SSSR count). The topological polar surface area (TPSA) is 26.7 Å².